The van der Waals surface area contributed by atoms with Crippen molar-refractivity contribution in [1.29, 1.82) is 0 Å². The predicted molar refractivity (Wildman–Crippen MR) is 222 cm³/mol. The highest BCUT2D eigenvalue weighted by Gasteiger charge is 2.37. The van der Waals surface area contributed by atoms with Gasteiger partial charge in [-0.05, 0) is 93.9 Å². The van der Waals surface area contributed by atoms with Gasteiger partial charge in [-0.15, -0.1) is 0 Å². The van der Waals surface area contributed by atoms with E-state index in [1.165, 1.54) is 74.8 Å². The Kier molecular flexibility index (Phi) is 9.67. The first-order valence-corrected chi connectivity index (χ1v) is 20.9. The Morgan fingerprint density at radius 3 is 1.64 bits per heavy atom. The molecule has 1 atom stereocenters. The Hall–Kier alpha value is -5.01. The van der Waals surface area contributed by atoms with Crippen molar-refractivity contribution in [2.45, 2.75) is 103 Å². The van der Waals surface area contributed by atoms with Gasteiger partial charge in [0.15, 0.2) is 6.23 Å². The summed E-state index contributed by atoms with van der Waals surface area (Å²) in [5, 5.41) is 18.8. The minimum absolute atomic E-state index is 0.131. The molecular formula is C48H51N3O4. The minimum Gasteiger partial charge on any atom is -0.372 e. The number of hydrogen-bond acceptors (Lipinski definition) is 5. The van der Waals surface area contributed by atoms with Crippen LogP contribution in [-0.2, 0) is 6.54 Å². The number of hydrogen-bond donors (Lipinski definition) is 1. The van der Waals surface area contributed by atoms with Crippen LogP contribution in [0, 0.1) is 0 Å². The number of aliphatic hydroxyl groups excluding tert-OH is 1. The van der Waals surface area contributed by atoms with E-state index in [1.54, 1.807) is 4.90 Å². The van der Waals surface area contributed by atoms with Crippen molar-refractivity contribution < 1.29 is 19.5 Å². The number of aliphatic hydroxyl groups is 1. The third kappa shape index (κ3) is 6.12. The summed E-state index contributed by atoms with van der Waals surface area (Å²) in [6, 6.07) is 23.9. The number of nitrogens with zero attached hydrogens (tertiary/aromatic N) is 3. The second-order valence-electron chi connectivity index (χ2n) is 16.1. The monoisotopic (exact) mass is 733 g/mol. The van der Waals surface area contributed by atoms with Gasteiger partial charge in [0.1, 0.15) is 0 Å². The number of benzene rings is 6. The van der Waals surface area contributed by atoms with Gasteiger partial charge in [-0.1, -0.05) is 107 Å². The van der Waals surface area contributed by atoms with Crippen LogP contribution < -0.4 is 4.90 Å². The molecule has 3 heterocycles. The van der Waals surface area contributed by atoms with Crippen molar-refractivity contribution >= 4 is 66.5 Å². The molecule has 0 aliphatic carbocycles. The molecule has 9 rings (SSSR count). The van der Waals surface area contributed by atoms with Crippen LogP contribution >= 0.6 is 0 Å². The number of anilines is 1. The molecule has 0 aromatic heterocycles. The summed E-state index contributed by atoms with van der Waals surface area (Å²) in [7, 11) is 0. The van der Waals surface area contributed by atoms with Gasteiger partial charge in [-0.3, -0.25) is 19.3 Å². The average Bonchev–Trinajstić information content (AvgIpc) is 3.22. The van der Waals surface area contributed by atoms with Gasteiger partial charge in [0, 0.05) is 58.3 Å². The standard InChI is InChI=1S/C48H51N3O4/c1-2-3-4-5-6-7-8-9-10-14-29-50-45(52)37-23-19-33-35-21-25-39-44-40(26-22-36(42(35)44)34-20-24-38(46(50)53)43(37)41(33)34)48(55)51(47(39)54)30-31-15-17-32(18-16-31)49-27-12-11-13-28-49/h15-26,45,52H,2-14,27-30H2,1H3. The van der Waals surface area contributed by atoms with E-state index in [0.717, 1.165) is 81.2 Å². The minimum atomic E-state index is -1.01. The Balaban J connectivity index is 0.990. The van der Waals surface area contributed by atoms with Gasteiger partial charge in [0.05, 0.1) is 6.54 Å². The molecule has 0 saturated carbocycles. The first-order chi connectivity index (χ1) is 27.0. The third-order valence-corrected chi connectivity index (χ3v) is 12.7. The molecule has 3 amide bonds. The zero-order valence-corrected chi connectivity index (χ0v) is 32.0. The molecule has 0 bridgehead atoms. The van der Waals surface area contributed by atoms with Crippen molar-refractivity contribution in [3.05, 3.63) is 101 Å². The van der Waals surface area contributed by atoms with E-state index in [-0.39, 0.29) is 24.3 Å². The average molecular weight is 734 g/mol. The van der Waals surface area contributed by atoms with Crippen LogP contribution in [0.1, 0.15) is 139 Å². The fourth-order valence-electron chi connectivity index (χ4n) is 9.77. The van der Waals surface area contributed by atoms with E-state index in [1.807, 2.05) is 60.7 Å². The summed E-state index contributed by atoms with van der Waals surface area (Å²) in [6.07, 6.45) is 14.8. The van der Waals surface area contributed by atoms with E-state index >= 15 is 0 Å². The van der Waals surface area contributed by atoms with Gasteiger partial charge in [0.2, 0.25) is 0 Å². The molecule has 282 valence electrons. The lowest BCUT2D eigenvalue weighted by atomic mass is 9.82. The van der Waals surface area contributed by atoms with Gasteiger partial charge in [0.25, 0.3) is 17.7 Å². The van der Waals surface area contributed by atoms with Crippen molar-refractivity contribution in [2.75, 3.05) is 24.5 Å². The number of unbranched alkanes of at least 4 members (excludes halogenated alkanes) is 9. The molecule has 7 nitrogen and oxygen atoms in total. The summed E-state index contributed by atoms with van der Waals surface area (Å²) in [4.78, 5) is 47.7. The number of carbonyl (C=O) groups is 3. The molecule has 3 aliphatic rings. The molecule has 55 heavy (non-hydrogen) atoms. The number of piperidine rings is 1. The van der Waals surface area contributed by atoms with Crippen LogP contribution in [-0.4, -0.2) is 52.3 Å². The van der Waals surface area contributed by atoms with E-state index in [4.69, 9.17) is 0 Å². The van der Waals surface area contributed by atoms with Crippen molar-refractivity contribution in [3.63, 3.8) is 0 Å². The Morgan fingerprint density at radius 1 is 0.545 bits per heavy atom. The maximum Gasteiger partial charge on any atom is 0.261 e. The van der Waals surface area contributed by atoms with E-state index < -0.39 is 6.23 Å². The highest BCUT2D eigenvalue weighted by molar-refractivity contribution is 6.39. The summed E-state index contributed by atoms with van der Waals surface area (Å²) in [5.74, 6) is -0.699. The number of carbonyl (C=O) groups excluding carboxylic acids is 3. The Bertz CT molecular complexity index is 2360. The third-order valence-electron chi connectivity index (χ3n) is 12.7. The molecule has 1 unspecified atom stereocenters. The SMILES string of the molecule is CCCCCCCCCCCCN1C(=O)c2ccc3c4ccc5c6c(ccc(c7ccc(c2c37)C1O)c64)C(=O)N(Cc1ccc(N2CCCCC2)cc1)C5=O. The van der Waals surface area contributed by atoms with Crippen LogP contribution in [0.4, 0.5) is 5.69 Å². The largest absolute Gasteiger partial charge is 0.372 e. The fourth-order valence-corrected chi connectivity index (χ4v) is 9.77. The zero-order valence-electron chi connectivity index (χ0n) is 32.0. The molecule has 6 aromatic rings. The number of fused-ring (bicyclic) bond motifs is 2. The second kappa shape index (κ2) is 14.9. The van der Waals surface area contributed by atoms with E-state index in [0.29, 0.717) is 28.6 Å². The molecule has 1 N–H and O–H groups in total. The van der Waals surface area contributed by atoms with Crippen molar-refractivity contribution in [2.24, 2.45) is 0 Å². The van der Waals surface area contributed by atoms with Gasteiger partial charge < -0.3 is 14.9 Å². The van der Waals surface area contributed by atoms with Crippen LogP contribution in [0.15, 0.2) is 72.8 Å². The summed E-state index contributed by atoms with van der Waals surface area (Å²) >= 11 is 0. The topological polar surface area (TPSA) is 81.2 Å². The number of amides is 3. The second-order valence-corrected chi connectivity index (χ2v) is 16.1. The zero-order chi connectivity index (χ0) is 37.6. The summed E-state index contributed by atoms with van der Waals surface area (Å²) in [5.41, 5.74) is 4.53. The molecule has 1 fully saturated rings. The Morgan fingerprint density at radius 2 is 1.05 bits per heavy atom. The summed E-state index contributed by atoms with van der Waals surface area (Å²) < 4.78 is 0. The summed E-state index contributed by atoms with van der Waals surface area (Å²) in [6.45, 7) is 5.11. The van der Waals surface area contributed by atoms with Crippen molar-refractivity contribution in [3.8, 4) is 0 Å². The highest BCUT2D eigenvalue weighted by atomic mass is 16.3. The molecule has 6 aromatic carbocycles. The first-order valence-electron chi connectivity index (χ1n) is 20.9. The quantitative estimate of drug-likeness (QED) is 0.0522. The lowest BCUT2D eigenvalue weighted by molar-refractivity contribution is 0.00419. The molecular weight excluding hydrogens is 683 g/mol. The van der Waals surface area contributed by atoms with Gasteiger partial charge >= 0.3 is 0 Å². The lowest BCUT2D eigenvalue weighted by Crippen LogP contribution is -2.39. The van der Waals surface area contributed by atoms with Gasteiger partial charge in [-0.25, -0.2) is 0 Å². The first kappa shape index (κ1) is 35.7. The molecule has 0 spiro atoms. The van der Waals surface area contributed by atoms with Gasteiger partial charge in [-0.2, -0.15) is 0 Å². The van der Waals surface area contributed by atoms with E-state index in [2.05, 4.69) is 24.0 Å². The molecule has 0 radical (unpaired) electrons. The number of rotatable bonds is 14. The maximum absolute atomic E-state index is 14.1. The lowest BCUT2D eigenvalue weighted by Gasteiger charge is -2.35. The van der Waals surface area contributed by atoms with Crippen LogP contribution in [0.25, 0.3) is 43.1 Å². The molecule has 7 heteroatoms. The highest BCUT2D eigenvalue weighted by Crippen LogP contribution is 2.47. The Labute approximate surface area is 323 Å². The van der Waals surface area contributed by atoms with E-state index in [9.17, 15) is 19.5 Å². The van der Waals surface area contributed by atoms with Crippen LogP contribution in [0.5, 0.6) is 0 Å². The smallest absolute Gasteiger partial charge is 0.261 e. The van der Waals surface area contributed by atoms with Crippen molar-refractivity contribution in [1.82, 2.24) is 9.80 Å². The molecule has 1 saturated heterocycles. The predicted octanol–water partition coefficient (Wildman–Crippen LogP) is 10.9. The van der Waals surface area contributed by atoms with Crippen LogP contribution in [0.2, 0.25) is 0 Å². The number of imide groups is 1. The maximum atomic E-state index is 14.1. The molecule has 3 aliphatic heterocycles. The normalized spacial score (nSPS) is 17.2. The fraction of sp³-hybridized carbons (Fsp3) is 0.396. The van der Waals surface area contributed by atoms with Crippen LogP contribution in [0.3, 0.4) is 0 Å².